The van der Waals surface area contributed by atoms with E-state index >= 15 is 0 Å². The third-order valence-electron chi connectivity index (χ3n) is 4.08. The topological polar surface area (TPSA) is 81.0 Å². The van der Waals surface area contributed by atoms with Crippen LogP contribution in [0.5, 0.6) is 0 Å². The Morgan fingerprint density at radius 1 is 1.29 bits per heavy atom. The van der Waals surface area contributed by atoms with Crippen LogP contribution in [0.3, 0.4) is 0 Å². The van der Waals surface area contributed by atoms with E-state index in [2.05, 4.69) is 31.2 Å². The molecule has 2 aromatic heterocycles. The van der Waals surface area contributed by atoms with Gasteiger partial charge in [0.25, 0.3) is 0 Å². The van der Waals surface area contributed by atoms with Crippen LogP contribution in [-0.4, -0.2) is 48.2 Å². The summed E-state index contributed by atoms with van der Waals surface area (Å²) in [6, 6.07) is 8.05. The van der Waals surface area contributed by atoms with E-state index in [1.165, 1.54) is 0 Å². The summed E-state index contributed by atoms with van der Waals surface area (Å²) < 4.78 is 0. The Hall–Kier alpha value is -2.88. The number of piperidine rings is 1. The minimum atomic E-state index is 0.273. The van der Waals surface area contributed by atoms with E-state index < -0.39 is 0 Å². The molecular weight excluding hydrogens is 302 g/mol. The molecule has 7 heteroatoms. The van der Waals surface area contributed by atoms with Crippen molar-refractivity contribution in [2.75, 3.05) is 42.3 Å². The molecule has 0 aliphatic carbocycles. The molecule has 1 fully saturated rings. The first-order chi connectivity index (χ1) is 11.7. The van der Waals surface area contributed by atoms with Crippen molar-refractivity contribution in [2.45, 2.75) is 18.9 Å². The Labute approximate surface area is 142 Å². The maximum Gasteiger partial charge on any atom is 0.224 e. The SMILES string of the molecule is CN(C)c1ccnc(NC2CCCN(c3ccnc(C#N)c3)C2)n1. The van der Waals surface area contributed by atoms with Crippen molar-refractivity contribution in [1.82, 2.24) is 15.0 Å². The molecule has 0 bridgehead atoms. The predicted octanol–water partition coefficient (Wildman–Crippen LogP) is 1.89. The van der Waals surface area contributed by atoms with Crippen LogP contribution >= 0.6 is 0 Å². The monoisotopic (exact) mass is 323 g/mol. The Kier molecular flexibility index (Phi) is 4.75. The first-order valence-electron chi connectivity index (χ1n) is 8.04. The van der Waals surface area contributed by atoms with Gasteiger partial charge in [0.15, 0.2) is 0 Å². The van der Waals surface area contributed by atoms with Crippen molar-refractivity contribution in [3.8, 4) is 6.07 Å². The molecule has 1 aliphatic heterocycles. The summed E-state index contributed by atoms with van der Waals surface area (Å²) in [7, 11) is 3.93. The molecule has 1 aliphatic rings. The molecular formula is C17H21N7. The molecule has 3 heterocycles. The highest BCUT2D eigenvalue weighted by atomic mass is 15.2. The lowest BCUT2D eigenvalue weighted by atomic mass is 10.1. The van der Waals surface area contributed by atoms with Crippen molar-refractivity contribution >= 4 is 17.5 Å². The number of hydrogen-bond acceptors (Lipinski definition) is 7. The van der Waals surface area contributed by atoms with E-state index in [0.717, 1.165) is 37.4 Å². The highest BCUT2D eigenvalue weighted by Gasteiger charge is 2.21. The van der Waals surface area contributed by atoms with Crippen LogP contribution in [-0.2, 0) is 0 Å². The van der Waals surface area contributed by atoms with Crippen LogP contribution in [0.4, 0.5) is 17.5 Å². The van der Waals surface area contributed by atoms with Gasteiger partial charge in [-0.05, 0) is 31.0 Å². The van der Waals surface area contributed by atoms with Gasteiger partial charge < -0.3 is 15.1 Å². The summed E-state index contributed by atoms with van der Waals surface area (Å²) in [4.78, 5) is 17.1. The lowest BCUT2D eigenvalue weighted by Crippen LogP contribution is -2.42. The van der Waals surface area contributed by atoms with Crippen LogP contribution in [0.1, 0.15) is 18.5 Å². The average molecular weight is 323 g/mol. The summed E-state index contributed by atoms with van der Waals surface area (Å²) in [5, 5.41) is 12.4. The molecule has 1 N–H and O–H groups in total. The summed E-state index contributed by atoms with van der Waals surface area (Å²) in [5.41, 5.74) is 1.49. The molecule has 0 radical (unpaired) electrons. The van der Waals surface area contributed by atoms with Crippen LogP contribution in [0.15, 0.2) is 30.6 Å². The smallest absolute Gasteiger partial charge is 0.224 e. The number of rotatable bonds is 4. The molecule has 2 aromatic rings. The second-order valence-corrected chi connectivity index (χ2v) is 6.07. The number of pyridine rings is 1. The van der Waals surface area contributed by atoms with Crippen molar-refractivity contribution < 1.29 is 0 Å². The summed E-state index contributed by atoms with van der Waals surface area (Å²) >= 11 is 0. The van der Waals surface area contributed by atoms with Gasteiger partial charge in [-0.2, -0.15) is 10.2 Å². The highest BCUT2D eigenvalue weighted by Crippen LogP contribution is 2.21. The fourth-order valence-electron chi connectivity index (χ4n) is 2.86. The molecule has 0 aromatic carbocycles. The number of anilines is 3. The first-order valence-corrected chi connectivity index (χ1v) is 8.04. The quantitative estimate of drug-likeness (QED) is 0.920. The largest absolute Gasteiger partial charge is 0.369 e. The summed E-state index contributed by atoms with van der Waals surface area (Å²) in [6.45, 7) is 1.83. The third-order valence-corrected chi connectivity index (χ3v) is 4.08. The van der Waals surface area contributed by atoms with Crippen LogP contribution in [0.2, 0.25) is 0 Å². The van der Waals surface area contributed by atoms with Gasteiger partial charge in [0.2, 0.25) is 5.95 Å². The van der Waals surface area contributed by atoms with Crippen LogP contribution in [0, 0.1) is 11.3 Å². The Bertz CT molecular complexity index is 738. The summed E-state index contributed by atoms with van der Waals surface area (Å²) in [6.07, 6.45) is 5.61. The lowest BCUT2D eigenvalue weighted by molar-refractivity contribution is 0.527. The molecule has 7 nitrogen and oxygen atoms in total. The molecule has 0 amide bonds. The van der Waals surface area contributed by atoms with Gasteiger partial charge in [-0.15, -0.1) is 0 Å². The maximum absolute atomic E-state index is 9.01. The predicted molar refractivity (Wildman–Crippen MR) is 94.2 cm³/mol. The molecule has 124 valence electrons. The van der Waals surface area contributed by atoms with Gasteiger partial charge in [-0.25, -0.2) is 9.97 Å². The van der Waals surface area contributed by atoms with E-state index in [0.29, 0.717) is 11.6 Å². The summed E-state index contributed by atoms with van der Waals surface area (Å²) in [5.74, 6) is 1.54. The fraction of sp³-hybridized carbons (Fsp3) is 0.412. The average Bonchev–Trinajstić information content (AvgIpc) is 2.62. The van der Waals surface area contributed by atoms with Crippen LogP contribution in [0.25, 0.3) is 0 Å². The van der Waals surface area contributed by atoms with Crippen LogP contribution < -0.4 is 15.1 Å². The van der Waals surface area contributed by atoms with Crippen molar-refractivity contribution in [2.24, 2.45) is 0 Å². The van der Waals surface area contributed by atoms with E-state index in [-0.39, 0.29) is 6.04 Å². The zero-order valence-electron chi connectivity index (χ0n) is 14.0. The third kappa shape index (κ3) is 3.71. The molecule has 3 rings (SSSR count). The van der Waals surface area contributed by atoms with Gasteiger partial charge in [0, 0.05) is 51.3 Å². The molecule has 1 saturated heterocycles. The number of hydrogen-bond donors (Lipinski definition) is 1. The molecule has 0 saturated carbocycles. The molecule has 1 atom stereocenters. The molecule has 24 heavy (non-hydrogen) atoms. The van der Waals surface area contributed by atoms with Crippen molar-refractivity contribution in [3.05, 3.63) is 36.3 Å². The number of nitrogens with one attached hydrogen (secondary N) is 1. The minimum Gasteiger partial charge on any atom is -0.369 e. The van der Waals surface area contributed by atoms with Gasteiger partial charge in [0.05, 0.1) is 0 Å². The van der Waals surface area contributed by atoms with E-state index in [9.17, 15) is 0 Å². The maximum atomic E-state index is 9.01. The van der Waals surface area contributed by atoms with Crippen molar-refractivity contribution in [1.29, 1.82) is 5.26 Å². The van der Waals surface area contributed by atoms with E-state index in [1.54, 1.807) is 12.4 Å². The zero-order chi connectivity index (χ0) is 16.9. The highest BCUT2D eigenvalue weighted by molar-refractivity contribution is 5.50. The van der Waals surface area contributed by atoms with Gasteiger partial charge >= 0.3 is 0 Å². The van der Waals surface area contributed by atoms with E-state index in [4.69, 9.17) is 5.26 Å². The molecule has 1 unspecified atom stereocenters. The Morgan fingerprint density at radius 2 is 2.12 bits per heavy atom. The van der Waals surface area contributed by atoms with Gasteiger partial charge in [-0.3, -0.25) is 0 Å². The second-order valence-electron chi connectivity index (χ2n) is 6.07. The van der Waals surface area contributed by atoms with Crippen molar-refractivity contribution in [3.63, 3.8) is 0 Å². The zero-order valence-corrected chi connectivity index (χ0v) is 14.0. The van der Waals surface area contributed by atoms with Gasteiger partial charge in [-0.1, -0.05) is 0 Å². The van der Waals surface area contributed by atoms with Gasteiger partial charge in [0.1, 0.15) is 17.6 Å². The Balaban J connectivity index is 1.69. The molecule has 0 spiro atoms. The minimum absolute atomic E-state index is 0.273. The Morgan fingerprint density at radius 3 is 2.92 bits per heavy atom. The number of nitriles is 1. The number of aromatic nitrogens is 3. The standard InChI is InChI=1S/C17H21N7/c1-23(2)16-6-8-20-17(22-16)21-13-4-3-9-24(12-13)15-5-7-19-14(10-15)11-18/h5-8,10,13H,3-4,9,12H2,1-2H3,(H,20,21,22). The number of nitrogens with zero attached hydrogens (tertiary/aromatic N) is 6. The lowest BCUT2D eigenvalue weighted by Gasteiger charge is -2.34. The first kappa shape index (κ1) is 16.0. The fourth-order valence-corrected chi connectivity index (χ4v) is 2.86. The normalized spacial score (nSPS) is 17.2. The van der Waals surface area contributed by atoms with E-state index in [1.807, 2.05) is 37.2 Å². The second kappa shape index (κ2) is 7.13.